The number of fused-ring (bicyclic) bond motifs is 3. The monoisotopic (exact) mass is 283 g/mol. The molecule has 0 spiro atoms. The van der Waals surface area contributed by atoms with Crippen LogP contribution in [-0.2, 0) is 0 Å². The van der Waals surface area contributed by atoms with Crippen LogP contribution in [0, 0.1) is 6.92 Å². The summed E-state index contributed by atoms with van der Waals surface area (Å²) in [5, 5.41) is 0. The second-order valence-corrected chi connectivity index (χ2v) is 5.44. The van der Waals surface area contributed by atoms with Gasteiger partial charge in [0.2, 0.25) is 5.56 Å². The number of hydrogen-bond donors (Lipinski definition) is 1. The number of pyridine rings is 1. The fraction of sp³-hybridized carbons (Fsp3) is 0.0769. The zero-order valence-corrected chi connectivity index (χ0v) is 11.3. The van der Waals surface area contributed by atoms with E-state index in [-0.39, 0.29) is 5.56 Å². The minimum atomic E-state index is -0.105. The van der Waals surface area contributed by atoms with Crippen molar-refractivity contribution in [3.8, 4) is 11.4 Å². The molecule has 4 heterocycles. The second kappa shape index (κ2) is 3.97. The van der Waals surface area contributed by atoms with Crippen LogP contribution in [0.25, 0.3) is 26.7 Å². The Balaban J connectivity index is 1.95. The molecule has 0 radical (unpaired) electrons. The van der Waals surface area contributed by atoms with Crippen molar-refractivity contribution >= 4 is 26.6 Å². The summed E-state index contributed by atoms with van der Waals surface area (Å²) < 4.78 is 1.95. The molecule has 0 unspecified atom stereocenters. The van der Waals surface area contributed by atoms with Crippen LogP contribution in [0.1, 0.15) is 5.69 Å². The van der Waals surface area contributed by atoms with E-state index in [4.69, 9.17) is 0 Å². The maximum Gasteiger partial charge on any atom is 0.249 e. The van der Waals surface area contributed by atoms with Gasteiger partial charge in [0.1, 0.15) is 16.2 Å². The van der Waals surface area contributed by atoms with Crippen LogP contribution >= 0.6 is 11.3 Å². The number of thiazole rings is 1. The molecular weight excluding hydrogens is 274 g/mol. The predicted molar refractivity (Wildman–Crippen MR) is 77.0 cm³/mol. The molecule has 0 amide bonds. The summed E-state index contributed by atoms with van der Waals surface area (Å²) in [5.74, 6) is 0. The molecule has 0 bridgehead atoms. The normalized spacial score (nSPS) is 11.4. The van der Waals surface area contributed by atoms with Crippen molar-refractivity contribution in [1.82, 2.24) is 24.3 Å². The maximum atomic E-state index is 11.3. The van der Waals surface area contributed by atoms with Crippen molar-refractivity contribution in [2.75, 3.05) is 0 Å². The van der Waals surface area contributed by atoms with Crippen LogP contribution in [0.5, 0.6) is 0 Å². The van der Waals surface area contributed by atoms with Gasteiger partial charge in [-0.05, 0) is 13.0 Å². The van der Waals surface area contributed by atoms with Crippen molar-refractivity contribution in [3.63, 3.8) is 0 Å². The van der Waals surface area contributed by atoms with E-state index >= 15 is 0 Å². The van der Waals surface area contributed by atoms with E-state index in [9.17, 15) is 4.79 Å². The first-order chi connectivity index (χ1) is 9.70. The topological polar surface area (TPSA) is 75.9 Å². The van der Waals surface area contributed by atoms with Crippen molar-refractivity contribution in [3.05, 3.63) is 46.8 Å². The SMILES string of the molecule is Cc1cnc(-c2cn3c(n2)sc2[nH]c(=O)ccc23)cn1. The Kier molecular flexibility index (Phi) is 2.25. The number of hydrogen-bond acceptors (Lipinski definition) is 5. The zero-order valence-electron chi connectivity index (χ0n) is 10.5. The summed E-state index contributed by atoms with van der Waals surface area (Å²) in [6.07, 6.45) is 5.34. The van der Waals surface area contributed by atoms with Crippen LogP contribution in [0.2, 0.25) is 0 Å². The number of aromatic amines is 1. The summed E-state index contributed by atoms with van der Waals surface area (Å²) in [5.41, 5.74) is 3.22. The first-order valence-corrected chi connectivity index (χ1v) is 6.82. The number of imidazole rings is 1. The predicted octanol–water partition coefficient (Wildman–Crippen LogP) is 2.00. The molecule has 1 N–H and O–H groups in total. The number of H-pyrrole nitrogens is 1. The molecule has 0 aliphatic rings. The van der Waals surface area contributed by atoms with E-state index in [2.05, 4.69) is 19.9 Å². The summed E-state index contributed by atoms with van der Waals surface area (Å²) in [7, 11) is 0. The molecule has 0 atom stereocenters. The standard InChI is InChI=1S/C13H9N5OS/c1-7-4-15-8(5-14-7)9-6-18-10-2-3-11(19)17-12(10)20-13(18)16-9/h2-6H,1H3,(H,17,19). The molecule has 20 heavy (non-hydrogen) atoms. The quantitative estimate of drug-likeness (QED) is 0.579. The van der Waals surface area contributed by atoms with Gasteiger partial charge in [-0.15, -0.1) is 0 Å². The lowest BCUT2D eigenvalue weighted by molar-refractivity contribution is 1.11. The van der Waals surface area contributed by atoms with E-state index in [1.807, 2.05) is 17.5 Å². The van der Waals surface area contributed by atoms with Gasteiger partial charge in [-0.25, -0.2) is 4.98 Å². The van der Waals surface area contributed by atoms with Crippen molar-refractivity contribution in [2.45, 2.75) is 6.92 Å². The number of rotatable bonds is 1. The number of aromatic nitrogens is 5. The lowest BCUT2D eigenvalue weighted by Gasteiger charge is -1.95. The number of nitrogens with one attached hydrogen (secondary N) is 1. The summed E-state index contributed by atoms with van der Waals surface area (Å²) >= 11 is 1.44. The molecule has 0 aromatic carbocycles. The summed E-state index contributed by atoms with van der Waals surface area (Å²) in [6, 6.07) is 3.31. The van der Waals surface area contributed by atoms with Crippen LogP contribution in [0.4, 0.5) is 0 Å². The molecule has 0 saturated carbocycles. The average molecular weight is 283 g/mol. The highest BCUT2D eigenvalue weighted by atomic mass is 32.1. The Labute approximate surface area is 116 Å². The van der Waals surface area contributed by atoms with Crippen LogP contribution in [0.15, 0.2) is 35.5 Å². The molecule has 0 aliphatic heterocycles. The van der Waals surface area contributed by atoms with Gasteiger partial charge < -0.3 is 4.98 Å². The molecular formula is C13H9N5OS. The van der Waals surface area contributed by atoms with Crippen molar-refractivity contribution < 1.29 is 0 Å². The highest BCUT2D eigenvalue weighted by molar-refractivity contribution is 7.23. The van der Waals surface area contributed by atoms with Crippen LogP contribution < -0.4 is 5.56 Å². The zero-order chi connectivity index (χ0) is 13.7. The summed E-state index contributed by atoms with van der Waals surface area (Å²) in [6.45, 7) is 1.90. The first kappa shape index (κ1) is 11.3. The third-order valence-corrected chi connectivity index (χ3v) is 4.02. The molecule has 4 aromatic rings. The minimum Gasteiger partial charge on any atom is -0.312 e. The Morgan fingerprint density at radius 1 is 1.20 bits per heavy atom. The highest BCUT2D eigenvalue weighted by Crippen LogP contribution is 2.26. The molecule has 0 saturated heterocycles. The van der Waals surface area contributed by atoms with Gasteiger partial charge in [-0.3, -0.25) is 19.2 Å². The summed E-state index contributed by atoms with van der Waals surface area (Å²) in [4.78, 5) is 28.8. The van der Waals surface area contributed by atoms with Gasteiger partial charge in [0, 0.05) is 18.5 Å². The molecule has 4 rings (SSSR count). The Morgan fingerprint density at radius 3 is 2.90 bits per heavy atom. The van der Waals surface area contributed by atoms with Crippen molar-refractivity contribution in [2.24, 2.45) is 0 Å². The minimum absolute atomic E-state index is 0.105. The highest BCUT2D eigenvalue weighted by Gasteiger charge is 2.11. The molecule has 98 valence electrons. The van der Waals surface area contributed by atoms with Gasteiger partial charge in [0.25, 0.3) is 0 Å². The van der Waals surface area contributed by atoms with E-state index in [1.54, 1.807) is 18.5 Å². The molecule has 0 fully saturated rings. The third-order valence-electron chi connectivity index (χ3n) is 3.03. The lowest BCUT2D eigenvalue weighted by Crippen LogP contribution is -2.01. The fourth-order valence-electron chi connectivity index (χ4n) is 2.06. The first-order valence-electron chi connectivity index (χ1n) is 6.01. The second-order valence-electron chi connectivity index (χ2n) is 4.46. The maximum absolute atomic E-state index is 11.3. The molecule has 4 aromatic heterocycles. The van der Waals surface area contributed by atoms with Gasteiger partial charge in [-0.2, -0.15) is 0 Å². The number of aryl methyl sites for hydroxylation is 1. The molecule has 0 aliphatic carbocycles. The average Bonchev–Trinajstić information content (AvgIpc) is 2.96. The van der Waals surface area contributed by atoms with Gasteiger partial charge in [0.05, 0.1) is 17.4 Å². The van der Waals surface area contributed by atoms with Crippen molar-refractivity contribution in [1.29, 1.82) is 0 Å². The number of nitrogens with zero attached hydrogens (tertiary/aromatic N) is 4. The van der Waals surface area contributed by atoms with Gasteiger partial charge in [0.15, 0.2) is 4.96 Å². The molecule has 7 heteroatoms. The van der Waals surface area contributed by atoms with E-state index in [0.29, 0.717) is 0 Å². The van der Waals surface area contributed by atoms with Gasteiger partial charge in [-0.1, -0.05) is 11.3 Å². The van der Waals surface area contributed by atoms with Crippen LogP contribution in [0.3, 0.4) is 0 Å². The fourth-order valence-corrected chi connectivity index (χ4v) is 3.06. The van der Waals surface area contributed by atoms with Gasteiger partial charge >= 0.3 is 0 Å². The lowest BCUT2D eigenvalue weighted by atomic mass is 10.3. The van der Waals surface area contributed by atoms with E-state index in [1.165, 1.54) is 17.4 Å². The third kappa shape index (κ3) is 1.64. The Hall–Kier alpha value is -2.54. The largest absolute Gasteiger partial charge is 0.312 e. The van der Waals surface area contributed by atoms with E-state index in [0.717, 1.165) is 32.4 Å². The smallest absolute Gasteiger partial charge is 0.249 e. The van der Waals surface area contributed by atoms with Crippen LogP contribution in [-0.4, -0.2) is 24.3 Å². The Bertz CT molecular complexity index is 980. The van der Waals surface area contributed by atoms with E-state index < -0.39 is 0 Å². The molecule has 6 nitrogen and oxygen atoms in total. The Morgan fingerprint density at radius 2 is 2.10 bits per heavy atom.